The number of nitrogens with zero attached hydrogens (tertiary/aromatic N) is 4. The number of hydrogen-bond acceptors (Lipinski definition) is 6. The second-order valence-corrected chi connectivity index (χ2v) is 10.5. The van der Waals surface area contributed by atoms with Crippen LogP contribution in [0.2, 0.25) is 0 Å². The van der Waals surface area contributed by atoms with Crippen LogP contribution in [0.3, 0.4) is 0 Å². The average Bonchev–Trinajstić information content (AvgIpc) is 3.54. The highest BCUT2D eigenvalue weighted by molar-refractivity contribution is 8.07. The Kier molecular flexibility index (Phi) is 6.26. The Bertz CT molecular complexity index is 1680. The van der Waals surface area contributed by atoms with E-state index >= 15 is 0 Å². The van der Waals surface area contributed by atoms with Gasteiger partial charge in [-0.1, -0.05) is 60.3 Å². The van der Waals surface area contributed by atoms with Crippen molar-refractivity contribution >= 4 is 16.8 Å². The lowest BCUT2D eigenvalue weighted by Gasteiger charge is -2.16. The molecule has 0 saturated heterocycles. The Morgan fingerprint density at radius 3 is 2.59 bits per heavy atom. The Morgan fingerprint density at radius 1 is 1.05 bits per heavy atom. The zero-order valence-corrected chi connectivity index (χ0v) is 21.4. The van der Waals surface area contributed by atoms with Gasteiger partial charge in [0.05, 0.1) is 22.8 Å². The van der Waals surface area contributed by atoms with E-state index in [4.69, 9.17) is 10.4 Å². The molecule has 2 aliphatic rings. The van der Waals surface area contributed by atoms with Crippen LogP contribution in [0.15, 0.2) is 93.7 Å². The minimum atomic E-state index is -0.198. The SMILES string of the molecule is Cn1c(=O)/c(=C(/NCc2ccc(-c3ccccn3)cc2)Sc2ccccc2)c(=N)n2c1=N[C@@H]1CCC[C@@H]12. The molecule has 0 bridgehead atoms. The smallest absolute Gasteiger partial charge is 0.266 e. The van der Waals surface area contributed by atoms with Crippen LogP contribution < -0.4 is 27.2 Å². The molecule has 2 atom stereocenters. The first kappa shape index (κ1) is 23.5. The molecule has 0 amide bonds. The molecule has 8 heteroatoms. The molecule has 2 N–H and O–H groups in total. The molecule has 3 heterocycles. The van der Waals surface area contributed by atoms with Crippen molar-refractivity contribution in [2.24, 2.45) is 12.0 Å². The summed E-state index contributed by atoms with van der Waals surface area (Å²) < 4.78 is 3.59. The molecule has 0 unspecified atom stereocenters. The van der Waals surface area contributed by atoms with Gasteiger partial charge in [0.1, 0.15) is 10.7 Å². The number of nitrogens with one attached hydrogen (secondary N) is 2. The summed E-state index contributed by atoms with van der Waals surface area (Å²) in [4.78, 5) is 23.8. The Labute approximate surface area is 218 Å². The van der Waals surface area contributed by atoms with E-state index in [0.717, 1.165) is 41.0 Å². The van der Waals surface area contributed by atoms with Crippen LogP contribution in [-0.2, 0) is 13.6 Å². The van der Waals surface area contributed by atoms with Gasteiger partial charge in [0.2, 0.25) is 5.62 Å². The molecule has 7 nitrogen and oxygen atoms in total. The summed E-state index contributed by atoms with van der Waals surface area (Å²) in [7, 11) is 1.77. The van der Waals surface area contributed by atoms with Crippen LogP contribution in [0, 0.1) is 5.41 Å². The second kappa shape index (κ2) is 9.86. The molecule has 0 spiro atoms. The molecule has 1 aliphatic heterocycles. The van der Waals surface area contributed by atoms with Gasteiger partial charge in [-0.3, -0.25) is 24.3 Å². The lowest BCUT2D eigenvalue weighted by Crippen LogP contribution is -2.58. The Balaban J connectivity index is 1.41. The molecule has 6 rings (SSSR count). The maximum absolute atomic E-state index is 13.6. The van der Waals surface area contributed by atoms with E-state index in [1.807, 2.05) is 53.1 Å². The standard InChI is InChI=1S/C29H28N6OS/c1-34-28(36)25(26(30)35-24-12-7-11-23(24)33-29(34)35)27(37-21-8-3-2-4-9-21)32-18-19-13-15-20(16-14-19)22-10-5-6-17-31-22/h2-6,8-10,13-17,23-24,30,32H,7,11-12,18H2,1H3/b27-25-,30-26?/t23-,24+/m1/s1. The second-order valence-electron chi connectivity index (χ2n) is 9.46. The van der Waals surface area contributed by atoms with Gasteiger partial charge in [0.15, 0.2) is 0 Å². The van der Waals surface area contributed by atoms with E-state index in [-0.39, 0.29) is 23.1 Å². The molecule has 0 radical (unpaired) electrons. The Morgan fingerprint density at radius 2 is 1.84 bits per heavy atom. The van der Waals surface area contributed by atoms with Crippen molar-refractivity contribution in [1.82, 2.24) is 19.4 Å². The largest absolute Gasteiger partial charge is 0.375 e. The molecular weight excluding hydrogens is 480 g/mol. The topological polar surface area (TPSA) is 88.1 Å². The van der Waals surface area contributed by atoms with Gasteiger partial charge in [-0.05, 0) is 49.1 Å². The monoisotopic (exact) mass is 508 g/mol. The summed E-state index contributed by atoms with van der Waals surface area (Å²) in [6, 6.07) is 24.5. The van der Waals surface area contributed by atoms with Gasteiger partial charge < -0.3 is 5.32 Å². The fraction of sp³-hybridized carbons (Fsp3) is 0.241. The van der Waals surface area contributed by atoms with E-state index in [1.54, 1.807) is 17.8 Å². The summed E-state index contributed by atoms with van der Waals surface area (Å²) in [5.41, 5.74) is 3.72. The van der Waals surface area contributed by atoms with Gasteiger partial charge in [-0.25, -0.2) is 4.99 Å². The zero-order valence-electron chi connectivity index (χ0n) is 20.6. The van der Waals surface area contributed by atoms with Crippen LogP contribution >= 0.6 is 11.8 Å². The summed E-state index contributed by atoms with van der Waals surface area (Å²) in [6.07, 6.45) is 4.90. The average molecular weight is 509 g/mol. The summed E-state index contributed by atoms with van der Waals surface area (Å²) in [5, 5.41) is 13.7. The molecule has 1 fully saturated rings. The molecule has 1 aliphatic carbocycles. The van der Waals surface area contributed by atoms with E-state index < -0.39 is 0 Å². The highest BCUT2D eigenvalue weighted by atomic mass is 32.2. The minimum Gasteiger partial charge on any atom is -0.375 e. The summed E-state index contributed by atoms with van der Waals surface area (Å²) in [5.74, 6) is 0. The lowest BCUT2D eigenvalue weighted by molar-refractivity contribution is 0.465. The Hall–Kier alpha value is -3.91. The molecule has 37 heavy (non-hydrogen) atoms. The van der Waals surface area contributed by atoms with Gasteiger partial charge in [-0.2, -0.15) is 0 Å². The molecular formula is C29H28N6OS. The predicted molar refractivity (Wildman–Crippen MR) is 145 cm³/mol. The lowest BCUT2D eigenvalue weighted by atomic mass is 10.1. The van der Waals surface area contributed by atoms with Crippen molar-refractivity contribution in [1.29, 1.82) is 5.41 Å². The van der Waals surface area contributed by atoms with Gasteiger partial charge in [-0.15, -0.1) is 0 Å². The number of thioether (sulfide) groups is 1. The van der Waals surface area contributed by atoms with E-state index in [2.05, 4.69) is 34.6 Å². The highest BCUT2D eigenvalue weighted by Crippen LogP contribution is 2.32. The molecule has 4 aromatic rings. The van der Waals surface area contributed by atoms with Crippen molar-refractivity contribution in [3.8, 4) is 11.3 Å². The summed E-state index contributed by atoms with van der Waals surface area (Å²) >= 11 is 1.49. The van der Waals surface area contributed by atoms with Crippen LogP contribution in [0.1, 0.15) is 30.9 Å². The first-order valence-electron chi connectivity index (χ1n) is 12.6. The number of hydrogen-bond donors (Lipinski definition) is 2. The third-order valence-electron chi connectivity index (χ3n) is 7.13. The normalized spacial score (nSPS) is 18.6. The number of pyridine rings is 1. The number of benzene rings is 2. The first-order chi connectivity index (χ1) is 18.1. The number of fused-ring (bicyclic) bond motifs is 3. The third-order valence-corrected chi connectivity index (χ3v) is 8.19. The van der Waals surface area contributed by atoms with Crippen LogP contribution in [-0.4, -0.2) is 20.2 Å². The quantitative estimate of drug-likeness (QED) is 0.392. The van der Waals surface area contributed by atoms with E-state index in [9.17, 15) is 4.79 Å². The first-order valence-corrected chi connectivity index (χ1v) is 13.4. The zero-order chi connectivity index (χ0) is 25.4. The third kappa shape index (κ3) is 4.42. The van der Waals surface area contributed by atoms with Gasteiger partial charge in [0, 0.05) is 30.2 Å². The highest BCUT2D eigenvalue weighted by Gasteiger charge is 2.35. The predicted octanol–water partition coefficient (Wildman–Crippen LogP) is 3.10. The van der Waals surface area contributed by atoms with Crippen LogP contribution in [0.5, 0.6) is 0 Å². The van der Waals surface area contributed by atoms with Crippen molar-refractivity contribution in [2.45, 2.75) is 42.8 Å². The molecule has 1 saturated carbocycles. The van der Waals surface area contributed by atoms with Crippen LogP contribution in [0.4, 0.5) is 0 Å². The molecule has 2 aromatic carbocycles. The fourth-order valence-electron chi connectivity index (χ4n) is 5.22. The molecule has 2 aromatic heterocycles. The van der Waals surface area contributed by atoms with E-state index in [0.29, 0.717) is 22.4 Å². The van der Waals surface area contributed by atoms with Gasteiger partial charge in [0.25, 0.3) is 5.56 Å². The maximum atomic E-state index is 13.6. The maximum Gasteiger partial charge on any atom is 0.266 e. The van der Waals surface area contributed by atoms with E-state index in [1.165, 1.54) is 11.8 Å². The van der Waals surface area contributed by atoms with Gasteiger partial charge >= 0.3 is 0 Å². The van der Waals surface area contributed by atoms with Crippen molar-refractivity contribution in [2.75, 3.05) is 0 Å². The van der Waals surface area contributed by atoms with Crippen molar-refractivity contribution in [3.63, 3.8) is 0 Å². The fourth-order valence-corrected chi connectivity index (χ4v) is 6.18. The molecule has 186 valence electrons. The van der Waals surface area contributed by atoms with Crippen molar-refractivity contribution < 1.29 is 0 Å². The number of aromatic nitrogens is 3. The van der Waals surface area contributed by atoms with Crippen molar-refractivity contribution in [3.05, 3.63) is 111 Å². The van der Waals surface area contributed by atoms with Crippen LogP contribution in [0.25, 0.3) is 16.3 Å². The summed E-state index contributed by atoms with van der Waals surface area (Å²) in [6.45, 7) is 0.526. The minimum absolute atomic E-state index is 0.162. The number of rotatable bonds is 6.